The summed E-state index contributed by atoms with van der Waals surface area (Å²) in [4.78, 5) is 7.61. The van der Waals surface area contributed by atoms with Crippen molar-refractivity contribution in [3.8, 4) is 0 Å². The Bertz CT molecular complexity index is 662. The summed E-state index contributed by atoms with van der Waals surface area (Å²) in [5.74, 6) is 0.907. The van der Waals surface area contributed by atoms with E-state index in [4.69, 9.17) is 11.6 Å². The van der Waals surface area contributed by atoms with Crippen LogP contribution < -0.4 is 10.6 Å². The van der Waals surface area contributed by atoms with Gasteiger partial charge in [0.2, 0.25) is 0 Å². The third kappa shape index (κ3) is 4.76. The first-order valence-corrected chi connectivity index (χ1v) is 8.37. The molecular formula is C17H24ClIN4. The van der Waals surface area contributed by atoms with Gasteiger partial charge in [-0.15, -0.1) is 24.0 Å². The third-order valence-corrected chi connectivity index (χ3v) is 4.57. The zero-order chi connectivity index (χ0) is 15.4. The molecule has 0 unspecified atom stereocenters. The van der Waals surface area contributed by atoms with Crippen LogP contribution in [-0.2, 0) is 6.42 Å². The van der Waals surface area contributed by atoms with E-state index in [2.05, 4.69) is 26.8 Å². The number of aliphatic imine (C=N–C) groups is 1. The van der Waals surface area contributed by atoms with E-state index < -0.39 is 0 Å². The van der Waals surface area contributed by atoms with Crippen LogP contribution in [0.2, 0.25) is 5.02 Å². The number of H-pyrrole nitrogens is 1. The summed E-state index contributed by atoms with van der Waals surface area (Å²) in [5.41, 5.74) is 2.41. The first-order valence-electron chi connectivity index (χ1n) is 7.99. The second kappa shape index (κ2) is 8.78. The molecule has 1 fully saturated rings. The van der Waals surface area contributed by atoms with Crippen LogP contribution in [-0.4, -0.2) is 30.6 Å². The number of benzene rings is 1. The van der Waals surface area contributed by atoms with Gasteiger partial charge in [-0.1, -0.05) is 24.4 Å². The van der Waals surface area contributed by atoms with Gasteiger partial charge in [0.25, 0.3) is 0 Å². The number of nitrogens with one attached hydrogen (secondary N) is 3. The lowest BCUT2D eigenvalue weighted by molar-refractivity contribution is 0.613. The Morgan fingerprint density at radius 2 is 2.13 bits per heavy atom. The van der Waals surface area contributed by atoms with Gasteiger partial charge in [-0.3, -0.25) is 4.99 Å². The zero-order valence-electron chi connectivity index (χ0n) is 13.4. The molecule has 0 atom stereocenters. The summed E-state index contributed by atoms with van der Waals surface area (Å²) >= 11 is 6.09. The molecule has 0 spiro atoms. The Hall–Kier alpha value is -0.950. The van der Waals surface area contributed by atoms with Gasteiger partial charge in [0.05, 0.1) is 0 Å². The Morgan fingerprint density at radius 1 is 1.35 bits per heavy atom. The van der Waals surface area contributed by atoms with E-state index in [-0.39, 0.29) is 24.0 Å². The highest BCUT2D eigenvalue weighted by Gasteiger charge is 2.15. The molecule has 4 nitrogen and oxygen atoms in total. The second-order valence-corrected chi connectivity index (χ2v) is 6.31. The van der Waals surface area contributed by atoms with Crippen LogP contribution >= 0.6 is 35.6 Å². The number of halogens is 2. The molecular weight excluding hydrogens is 423 g/mol. The van der Waals surface area contributed by atoms with Crippen molar-refractivity contribution in [3.05, 3.63) is 35.0 Å². The monoisotopic (exact) mass is 446 g/mol. The van der Waals surface area contributed by atoms with Gasteiger partial charge >= 0.3 is 0 Å². The van der Waals surface area contributed by atoms with Gasteiger partial charge in [0, 0.05) is 41.8 Å². The molecule has 0 radical (unpaired) electrons. The number of hydrogen-bond donors (Lipinski definition) is 3. The second-order valence-electron chi connectivity index (χ2n) is 5.88. The van der Waals surface area contributed by atoms with Crippen molar-refractivity contribution in [1.29, 1.82) is 0 Å². The number of rotatable bonds is 4. The van der Waals surface area contributed by atoms with Crippen LogP contribution in [0.1, 0.15) is 31.2 Å². The molecule has 3 rings (SSSR count). The number of aromatic amines is 1. The van der Waals surface area contributed by atoms with E-state index in [0.29, 0.717) is 6.04 Å². The molecule has 126 valence electrons. The maximum Gasteiger partial charge on any atom is 0.191 e. The molecule has 0 saturated heterocycles. The number of guanidine groups is 1. The van der Waals surface area contributed by atoms with Crippen molar-refractivity contribution < 1.29 is 0 Å². The number of fused-ring (bicyclic) bond motifs is 1. The fourth-order valence-corrected chi connectivity index (χ4v) is 3.30. The maximum atomic E-state index is 6.09. The summed E-state index contributed by atoms with van der Waals surface area (Å²) in [5, 5.41) is 8.89. The molecule has 0 aliphatic heterocycles. The normalized spacial score (nSPS) is 15.7. The molecule has 1 heterocycles. The SMILES string of the molecule is CN=C(NCCc1c[nH]c2ccc(Cl)cc12)NC1CCCC1.I. The van der Waals surface area contributed by atoms with E-state index >= 15 is 0 Å². The van der Waals surface area contributed by atoms with E-state index in [9.17, 15) is 0 Å². The van der Waals surface area contributed by atoms with E-state index in [1.165, 1.54) is 36.6 Å². The van der Waals surface area contributed by atoms with E-state index in [0.717, 1.165) is 29.5 Å². The molecule has 3 N–H and O–H groups in total. The molecule has 1 saturated carbocycles. The van der Waals surface area contributed by atoms with Gasteiger partial charge in [-0.25, -0.2) is 0 Å². The fourth-order valence-electron chi connectivity index (χ4n) is 3.13. The number of nitrogens with zero attached hydrogens (tertiary/aromatic N) is 1. The van der Waals surface area contributed by atoms with Crippen molar-refractivity contribution in [1.82, 2.24) is 15.6 Å². The van der Waals surface area contributed by atoms with Gasteiger partial charge in [-0.2, -0.15) is 0 Å². The Morgan fingerprint density at radius 3 is 2.87 bits per heavy atom. The highest BCUT2D eigenvalue weighted by molar-refractivity contribution is 14.0. The molecule has 1 aliphatic rings. The van der Waals surface area contributed by atoms with Crippen LogP contribution in [0, 0.1) is 0 Å². The highest BCUT2D eigenvalue weighted by Crippen LogP contribution is 2.22. The Labute approximate surface area is 159 Å². The minimum atomic E-state index is 0. The summed E-state index contributed by atoms with van der Waals surface area (Å²) < 4.78 is 0. The van der Waals surface area contributed by atoms with Gasteiger partial charge in [0.1, 0.15) is 0 Å². The highest BCUT2D eigenvalue weighted by atomic mass is 127. The van der Waals surface area contributed by atoms with Crippen molar-refractivity contribution in [3.63, 3.8) is 0 Å². The van der Waals surface area contributed by atoms with Crippen LogP contribution in [0.4, 0.5) is 0 Å². The van der Waals surface area contributed by atoms with E-state index in [1.807, 2.05) is 25.2 Å². The van der Waals surface area contributed by atoms with Crippen molar-refractivity contribution >= 4 is 52.4 Å². The minimum absolute atomic E-state index is 0. The summed E-state index contributed by atoms with van der Waals surface area (Å²) in [6, 6.07) is 6.54. The van der Waals surface area contributed by atoms with Crippen LogP contribution in [0.25, 0.3) is 10.9 Å². The van der Waals surface area contributed by atoms with Gasteiger partial charge < -0.3 is 15.6 Å². The summed E-state index contributed by atoms with van der Waals surface area (Å²) in [7, 11) is 1.83. The number of aromatic nitrogens is 1. The third-order valence-electron chi connectivity index (χ3n) is 4.34. The lowest BCUT2D eigenvalue weighted by atomic mass is 10.1. The topological polar surface area (TPSA) is 52.2 Å². The predicted octanol–water partition coefficient (Wildman–Crippen LogP) is 4.09. The van der Waals surface area contributed by atoms with Crippen molar-refractivity contribution in [2.75, 3.05) is 13.6 Å². The predicted molar refractivity (Wildman–Crippen MR) is 109 cm³/mol. The van der Waals surface area contributed by atoms with Crippen LogP contribution in [0.15, 0.2) is 29.4 Å². The molecule has 2 aromatic rings. The maximum absolute atomic E-state index is 6.09. The lowest BCUT2D eigenvalue weighted by Crippen LogP contribution is -2.42. The smallest absolute Gasteiger partial charge is 0.191 e. The molecule has 0 amide bonds. The average molecular weight is 447 g/mol. The first-order chi connectivity index (χ1) is 10.8. The van der Waals surface area contributed by atoms with Gasteiger partial charge in [-0.05, 0) is 43.0 Å². The van der Waals surface area contributed by atoms with Crippen LogP contribution in [0.5, 0.6) is 0 Å². The average Bonchev–Trinajstić information content (AvgIpc) is 3.16. The largest absolute Gasteiger partial charge is 0.361 e. The van der Waals surface area contributed by atoms with Crippen molar-refractivity contribution in [2.24, 2.45) is 4.99 Å². The molecule has 23 heavy (non-hydrogen) atoms. The molecule has 1 aromatic heterocycles. The standard InChI is InChI=1S/C17H23ClN4.HI/c1-19-17(22-14-4-2-3-5-14)20-9-8-12-11-21-16-7-6-13(18)10-15(12)16;/h6-7,10-11,14,21H,2-5,8-9H2,1H3,(H2,19,20,22);1H. The minimum Gasteiger partial charge on any atom is -0.361 e. The lowest BCUT2D eigenvalue weighted by Gasteiger charge is -2.16. The first kappa shape index (κ1) is 18.4. The zero-order valence-corrected chi connectivity index (χ0v) is 16.4. The molecule has 1 aliphatic carbocycles. The summed E-state index contributed by atoms with van der Waals surface area (Å²) in [6.07, 6.45) is 8.15. The fraction of sp³-hybridized carbons (Fsp3) is 0.471. The van der Waals surface area contributed by atoms with Crippen LogP contribution in [0.3, 0.4) is 0 Å². The van der Waals surface area contributed by atoms with E-state index in [1.54, 1.807) is 0 Å². The van der Waals surface area contributed by atoms with Crippen molar-refractivity contribution in [2.45, 2.75) is 38.1 Å². The summed E-state index contributed by atoms with van der Waals surface area (Å²) in [6.45, 7) is 0.853. The number of hydrogen-bond acceptors (Lipinski definition) is 1. The molecule has 0 bridgehead atoms. The quantitative estimate of drug-likeness (QED) is 0.376. The molecule has 6 heteroatoms. The Balaban J connectivity index is 0.00000192. The molecule has 1 aromatic carbocycles. The van der Waals surface area contributed by atoms with Gasteiger partial charge in [0.15, 0.2) is 5.96 Å². The Kier molecular flexibility index (Phi) is 7.02.